The van der Waals surface area contributed by atoms with Crippen LogP contribution in [0.3, 0.4) is 0 Å². The number of fused-ring (bicyclic) bond motifs is 1. The highest BCUT2D eigenvalue weighted by Crippen LogP contribution is 2.27. The van der Waals surface area contributed by atoms with Crippen molar-refractivity contribution in [1.82, 2.24) is 14.8 Å². The molecule has 0 radical (unpaired) electrons. The van der Waals surface area contributed by atoms with Gasteiger partial charge in [0.1, 0.15) is 5.82 Å². The lowest BCUT2D eigenvalue weighted by Crippen LogP contribution is -1.97. The summed E-state index contributed by atoms with van der Waals surface area (Å²) in [4.78, 5) is 4.62. The summed E-state index contributed by atoms with van der Waals surface area (Å²) >= 11 is 0. The third-order valence-electron chi connectivity index (χ3n) is 3.54. The first-order valence-electron chi connectivity index (χ1n) is 6.81. The van der Waals surface area contributed by atoms with Gasteiger partial charge >= 0.3 is 0 Å². The minimum Gasteiger partial charge on any atom is -0.373 e. The van der Waals surface area contributed by atoms with Crippen molar-refractivity contribution in [2.75, 3.05) is 12.4 Å². The van der Waals surface area contributed by atoms with Crippen LogP contribution in [0, 0.1) is 0 Å². The molecule has 0 aliphatic carbocycles. The van der Waals surface area contributed by atoms with Gasteiger partial charge in [0.15, 0.2) is 0 Å². The maximum atomic E-state index is 4.62. The normalized spacial score (nSPS) is 10.9. The van der Waals surface area contributed by atoms with Crippen molar-refractivity contribution in [2.45, 2.75) is 13.3 Å². The summed E-state index contributed by atoms with van der Waals surface area (Å²) in [6.45, 7) is 2.14. The Balaban J connectivity index is 2.19. The Kier molecular flexibility index (Phi) is 3.14. The van der Waals surface area contributed by atoms with Crippen LogP contribution in [0.15, 0.2) is 36.7 Å². The van der Waals surface area contributed by atoms with E-state index < -0.39 is 0 Å². The van der Waals surface area contributed by atoms with Crippen LogP contribution in [-0.2, 0) is 13.5 Å². The van der Waals surface area contributed by atoms with E-state index in [0.29, 0.717) is 0 Å². The van der Waals surface area contributed by atoms with Crippen molar-refractivity contribution in [3.8, 4) is 11.1 Å². The van der Waals surface area contributed by atoms with Crippen LogP contribution < -0.4 is 5.32 Å². The Morgan fingerprint density at radius 2 is 2.05 bits per heavy atom. The lowest BCUT2D eigenvalue weighted by molar-refractivity contribution is 0.768. The molecule has 3 rings (SSSR count). The SMILES string of the molecule is CCc1nc(NC)cc2cc(-c3cnn(C)c3)ccc12. The minimum atomic E-state index is 0.915. The first-order chi connectivity index (χ1) is 9.71. The molecule has 0 aliphatic rings. The first kappa shape index (κ1) is 12.7. The molecular weight excluding hydrogens is 248 g/mol. The minimum absolute atomic E-state index is 0.915. The third kappa shape index (κ3) is 2.13. The maximum Gasteiger partial charge on any atom is 0.126 e. The zero-order valence-electron chi connectivity index (χ0n) is 12.0. The lowest BCUT2D eigenvalue weighted by atomic mass is 10.0. The van der Waals surface area contributed by atoms with Gasteiger partial charge in [-0.15, -0.1) is 0 Å². The van der Waals surface area contributed by atoms with Gasteiger partial charge in [0.25, 0.3) is 0 Å². The summed E-state index contributed by atoms with van der Waals surface area (Å²) in [6, 6.07) is 8.59. The summed E-state index contributed by atoms with van der Waals surface area (Å²) in [6.07, 6.45) is 4.85. The number of nitrogens with one attached hydrogen (secondary N) is 1. The Hall–Kier alpha value is -2.36. The van der Waals surface area contributed by atoms with Crippen molar-refractivity contribution in [1.29, 1.82) is 0 Å². The molecule has 0 unspecified atom stereocenters. The van der Waals surface area contributed by atoms with Crippen molar-refractivity contribution >= 4 is 16.6 Å². The Morgan fingerprint density at radius 3 is 2.70 bits per heavy atom. The van der Waals surface area contributed by atoms with Crippen molar-refractivity contribution in [2.24, 2.45) is 7.05 Å². The second-order valence-electron chi connectivity index (χ2n) is 4.90. The number of aromatic nitrogens is 3. The van der Waals surface area contributed by atoms with Crippen LogP contribution in [0.5, 0.6) is 0 Å². The quantitative estimate of drug-likeness (QED) is 0.791. The molecular formula is C16H18N4. The van der Waals surface area contributed by atoms with Crippen molar-refractivity contribution < 1.29 is 0 Å². The molecule has 4 heteroatoms. The first-order valence-corrected chi connectivity index (χ1v) is 6.81. The van der Waals surface area contributed by atoms with Gasteiger partial charge in [-0.1, -0.05) is 19.1 Å². The lowest BCUT2D eigenvalue weighted by Gasteiger charge is -2.09. The fraction of sp³-hybridized carbons (Fsp3) is 0.250. The standard InChI is InChI=1S/C16H18N4/c1-4-15-14-6-5-11(13-9-18-20(3)10-13)7-12(14)8-16(17-2)19-15/h5-10H,4H2,1-3H3,(H,17,19). The second kappa shape index (κ2) is 4.96. The van der Waals surface area contributed by atoms with Crippen LogP contribution in [0.25, 0.3) is 21.9 Å². The number of anilines is 1. The van der Waals surface area contributed by atoms with E-state index in [9.17, 15) is 0 Å². The molecule has 102 valence electrons. The summed E-state index contributed by atoms with van der Waals surface area (Å²) in [5.74, 6) is 0.915. The maximum absolute atomic E-state index is 4.62. The Morgan fingerprint density at radius 1 is 1.20 bits per heavy atom. The zero-order valence-corrected chi connectivity index (χ0v) is 12.0. The molecule has 0 atom stereocenters. The largest absolute Gasteiger partial charge is 0.373 e. The smallest absolute Gasteiger partial charge is 0.126 e. The number of aryl methyl sites for hydroxylation is 2. The fourth-order valence-electron chi connectivity index (χ4n) is 2.48. The molecule has 2 heterocycles. The van der Waals surface area contributed by atoms with E-state index in [4.69, 9.17) is 0 Å². The number of nitrogens with zero attached hydrogens (tertiary/aromatic N) is 3. The molecule has 0 fully saturated rings. The molecule has 2 aromatic heterocycles. The molecule has 0 aliphatic heterocycles. The number of hydrogen-bond acceptors (Lipinski definition) is 3. The monoisotopic (exact) mass is 266 g/mol. The molecule has 3 aromatic rings. The van der Waals surface area contributed by atoms with E-state index >= 15 is 0 Å². The molecule has 0 saturated heterocycles. The van der Waals surface area contributed by atoms with Gasteiger partial charge in [-0.05, 0) is 29.5 Å². The highest BCUT2D eigenvalue weighted by atomic mass is 15.2. The van der Waals surface area contributed by atoms with Gasteiger partial charge in [0, 0.05) is 31.2 Å². The highest BCUT2D eigenvalue weighted by molar-refractivity contribution is 5.90. The van der Waals surface area contributed by atoms with Gasteiger partial charge in [-0.3, -0.25) is 4.68 Å². The van der Waals surface area contributed by atoms with Crippen molar-refractivity contribution in [3.63, 3.8) is 0 Å². The predicted octanol–water partition coefficient (Wildman–Crippen LogP) is 3.24. The van der Waals surface area contributed by atoms with E-state index in [0.717, 1.165) is 23.5 Å². The zero-order chi connectivity index (χ0) is 14.1. The van der Waals surface area contributed by atoms with Crippen LogP contribution >= 0.6 is 0 Å². The van der Waals surface area contributed by atoms with E-state index in [1.807, 2.05) is 31.2 Å². The third-order valence-corrected chi connectivity index (χ3v) is 3.54. The predicted molar refractivity (Wildman–Crippen MR) is 82.9 cm³/mol. The van der Waals surface area contributed by atoms with Gasteiger partial charge in [-0.25, -0.2) is 4.98 Å². The van der Waals surface area contributed by atoms with Crippen molar-refractivity contribution in [3.05, 3.63) is 42.4 Å². The number of rotatable bonds is 3. The number of pyridine rings is 1. The molecule has 4 nitrogen and oxygen atoms in total. The van der Waals surface area contributed by atoms with Gasteiger partial charge in [0.05, 0.1) is 11.9 Å². The number of benzene rings is 1. The molecule has 0 bridgehead atoms. The molecule has 1 N–H and O–H groups in total. The summed E-state index contributed by atoms with van der Waals surface area (Å²) in [7, 11) is 3.83. The summed E-state index contributed by atoms with van der Waals surface area (Å²) < 4.78 is 1.82. The number of hydrogen-bond donors (Lipinski definition) is 1. The van der Waals surface area contributed by atoms with Gasteiger partial charge < -0.3 is 5.32 Å². The molecule has 0 saturated carbocycles. The van der Waals surface area contributed by atoms with Gasteiger partial charge in [-0.2, -0.15) is 5.10 Å². The molecule has 20 heavy (non-hydrogen) atoms. The highest BCUT2D eigenvalue weighted by Gasteiger charge is 2.07. The Bertz CT molecular complexity index is 758. The van der Waals surface area contributed by atoms with E-state index in [-0.39, 0.29) is 0 Å². The average molecular weight is 266 g/mol. The van der Waals surface area contributed by atoms with E-state index in [1.165, 1.54) is 16.3 Å². The van der Waals surface area contributed by atoms with Gasteiger partial charge in [0.2, 0.25) is 0 Å². The van der Waals surface area contributed by atoms with E-state index in [2.05, 4.69) is 46.6 Å². The topological polar surface area (TPSA) is 42.7 Å². The van der Waals surface area contributed by atoms with Crippen LogP contribution in [-0.4, -0.2) is 21.8 Å². The molecule has 1 aromatic carbocycles. The fourth-order valence-corrected chi connectivity index (χ4v) is 2.48. The van der Waals surface area contributed by atoms with E-state index in [1.54, 1.807) is 0 Å². The summed E-state index contributed by atoms with van der Waals surface area (Å²) in [5, 5.41) is 9.79. The molecule has 0 amide bonds. The summed E-state index contributed by atoms with van der Waals surface area (Å²) in [5.41, 5.74) is 3.45. The Labute approximate surface area is 118 Å². The van der Waals surface area contributed by atoms with Crippen LogP contribution in [0.4, 0.5) is 5.82 Å². The molecule has 0 spiro atoms. The van der Waals surface area contributed by atoms with Crippen LogP contribution in [0.2, 0.25) is 0 Å². The average Bonchev–Trinajstić information content (AvgIpc) is 2.92. The van der Waals surface area contributed by atoms with Crippen LogP contribution in [0.1, 0.15) is 12.6 Å². The second-order valence-corrected chi connectivity index (χ2v) is 4.90.